The molecule has 100 valence electrons. The zero-order valence-corrected chi connectivity index (χ0v) is 11.1. The molecule has 3 aliphatic rings. The Labute approximate surface area is 113 Å². The van der Waals surface area contributed by atoms with Gasteiger partial charge in [-0.2, -0.15) is 0 Å². The Morgan fingerprint density at radius 2 is 1.95 bits per heavy atom. The summed E-state index contributed by atoms with van der Waals surface area (Å²) in [5.41, 5.74) is 3.15. The molecule has 3 saturated heterocycles. The molecule has 0 atom stereocenters. The van der Waals surface area contributed by atoms with E-state index in [1.54, 1.807) is 7.11 Å². The van der Waals surface area contributed by atoms with E-state index in [2.05, 4.69) is 11.2 Å². The summed E-state index contributed by atoms with van der Waals surface area (Å²) in [4.78, 5) is 1.44. The van der Waals surface area contributed by atoms with Crippen LogP contribution in [0, 0.1) is 5.92 Å². The van der Waals surface area contributed by atoms with Crippen LogP contribution in [0.1, 0.15) is 18.4 Å². The normalized spacial score (nSPS) is 29.9. The number of allylic oxidation sites excluding steroid dienone is 1. The molecule has 0 aliphatic carbocycles. The van der Waals surface area contributed by atoms with Crippen molar-refractivity contribution >= 4 is 11.8 Å². The van der Waals surface area contributed by atoms with E-state index in [0.29, 0.717) is 5.92 Å². The molecule has 3 aliphatic heterocycles. The predicted molar refractivity (Wildman–Crippen MR) is 73.6 cm³/mol. The maximum absolute atomic E-state index is 9.26. The highest BCUT2D eigenvalue weighted by Gasteiger charge is 2.39. The topological polar surface area (TPSA) is 46.3 Å². The molecule has 4 heteroatoms. The molecule has 19 heavy (non-hydrogen) atoms. The van der Waals surface area contributed by atoms with Crippen molar-refractivity contribution in [3.05, 3.63) is 35.5 Å². The first-order chi connectivity index (χ1) is 9.31. The summed E-state index contributed by atoms with van der Waals surface area (Å²) in [6, 6.07) is 7.97. The van der Waals surface area contributed by atoms with E-state index in [4.69, 9.17) is 4.74 Å². The molecule has 2 N–H and O–H groups in total. The van der Waals surface area contributed by atoms with Gasteiger partial charge in [-0.05, 0) is 17.7 Å². The average Bonchev–Trinajstić information content (AvgIpc) is 2.49. The fourth-order valence-electron chi connectivity index (χ4n) is 3.09. The van der Waals surface area contributed by atoms with E-state index >= 15 is 0 Å². The number of oxime groups is 1. The highest BCUT2D eigenvalue weighted by Crippen LogP contribution is 2.23. The highest BCUT2D eigenvalue weighted by atomic mass is 16.5. The van der Waals surface area contributed by atoms with Crippen molar-refractivity contribution in [3.8, 4) is 5.75 Å². The molecule has 0 amide bonds. The zero-order valence-electron chi connectivity index (χ0n) is 11.1. The number of benzene rings is 1. The molecule has 3 fully saturated rings. The molecule has 0 radical (unpaired) electrons. The van der Waals surface area contributed by atoms with E-state index in [9.17, 15) is 5.21 Å². The lowest BCUT2D eigenvalue weighted by molar-refractivity contribution is -0.865. The summed E-state index contributed by atoms with van der Waals surface area (Å²) < 4.78 is 5.16. The van der Waals surface area contributed by atoms with Crippen molar-refractivity contribution in [2.75, 3.05) is 20.2 Å². The predicted octanol–water partition coefficient (Wildman–Crippen LogP) is 1.17. The second-order valence-corrected chi connectivity index (χ2v) is 5.19. The first kappa shape index (κ1) is 12.2. The monoisotopic (exact) mass is 259 g/mol. The van der Waals surface area contributed by atoms with Crippen molar-refractivity contribution in [2.24, 2.45) is 11.1 Å². The van der Waals surface area contributed by atoms with Crippen LogP contribution in [0.15, 0.2) is 35.1 Å². The first-order valence-corrected chi connectivity index (χ1v) is 6.75. The van der Waals surface area contributed by atoms with Gasteiger partial charge in [-0.3, -0.25) is 0 Å². The molecule has 0 aromatic heterocycles. The fourth-order valence-corrected chi connectivity index (χ4v) is 3.09. The number of nitrogens with one attached hydrogen (secondary N) is 1. The number of hydrogen-bond donors (Lipinski definition) is 2. The summed E-state index contributed by atoms with van der Waals surface area (Å²) in [5, 5.41) is 12.8. The lowest BCUT2D eigenvalue weighted by Gasteiger charge is -2.37. The molecule has 3 heterocycles. The fraction of sp³-hybridized carbons (Fsp3) is 0.400. The van der Waals surface area contributed by atoms with Crippen molar-refractivity contribution in [1.29, 1.82) is 0 Å². The SMILES string of the molecule is COc1ccc(/C=C2/C(=N/O)C3CC[NH+]2CC3)cc1. The Bertz CT molecular complexity index is 511. The van der Waals surface area contributed by atoms with Crippen LogP contribution in [-0.4, -0.2) is 31.1 Å². The Kier molecular flexibility index (Phi) is 3.25. The van der Waals surface area contributed by atoms with Crippen LogP contribution in [-0.2, 0) is 0 Å². The Hall–Kier alpha value is -1.81. The van der Waals surface area contributed by atoms with Gasteiger partial charge in [0.1, 0.15) is 11.5 Å². The minimum absolute atomic E-state index is 0.437. The minimum Gasteiger partial charge on any atom is -0.497 e. The summed E-state index contributed by atoms with van der Waals surface area (Å²) in [7, 11) is 1.67. The molecular formula is C15H19N2O2+. The van der Waals surface area contributed by atoms with Gasteiger partial charge in [-0.15, -0.1) is 0 Å². The summed E-state index contributed by atoms with van der Waals surface area (Å²) in [6.45, 7) is 2.29. The summed E-state index contributed by atoms with van der Waals surface area (Å²) in [5.74, 6) is 1.29. The molecule has 0 unspecified atom stereocenters. The minimum atomic E-state index is 0.437. The van der Waals surface area contributed by atoms with Gasteiger partial charge in [0.25, 0.3) is 0 Å². The average molecular weight is 259 g/mol. The van der Waals surface area contributed by atoms with Crippen LogP contribution < -0.4 is 9.64 Å². The summed E-state index contributed by atoms with van der Waals surface area (Å²) >= 11 is 0. The lowest BCUT2D eigenvalue weighted by atomic mass is 9.83. The number of piperidine rings is 3. The molecular weight excluding hydrogens is 240 g/mol. The Morgan fingerprint density at radius 1 is 1.26 bits per heavy atom. The molecule has 4 rings (SSSR count). The number of ether oxygens (including phenoxy) is 1. The maximum atomic E-state index is 9.26. The Balaban J connectivity index is 1.92. The van der Waals surface area contributed by atoms with Crippen molar-refractivity contribution in [3.63, 3.8) is 0 Å². The standard InChI is InChI=1S/C15H18N2O2/c1-19-13-4-2-11(3-5-13)10-14-15(16-18)12-6-8-17(14)9-7-12/h2-5,10,12,18H,6-9H2,1H3/p+1/b14-10-,16-15+. The third-order valence-electron chi connectivity index (χ3n) is 4.17. The van der Waals surface area contributed by atoms with Crippen LogP contribution in [0.4, 0.5) is 0 Å². The quantitative estimate of drug-likeness (QED) is 0.619. The smallest absolute Gasteiger partial charge is 0.157 e. The Morgan fingerprint density at radius 3 is 2.53 bits per heavy atom. The highest BCUT2D eigenvalue weighted by molar-refractivity contribution is 6.03. The van der Waals surface area contributed by atoms with E-state index in [1.807, 2.05) is 24.3 Å². The maximum Gasteiger partial charge on any atom is 0.157 e. The third-order valence-corrected chi connectivity index (χ3v) is 4.17. The van der Waals surface area contributed by atoms with Crippen LogP contribution in [0.3, 0.4) is 0 Å². The van der Waals surface area contributed by atoms with Crippen LogP contribution in [0.2, 0.25) is 0 Å². The van der Waals surface area contributed by atoms with Crippen LogP contribution >= 0.6 is 0 Å². The van der Waals surface area contributed by atoms with Crippen LogP contribution in [0.5, 0.6) is 5.75 Å². The lowest BCUT2D eigenvalue weighted by Crippen LogP contribution is -3.14. The molecule has 4 nitrogen and oxygen atoms in total. The first-order valence-electron chi connectivity index (χ1n) is 6.75. The number of rotatable bonds is 2. The molecule has 1 aromatic carbocycles. The van der Waals surface area contributed by atoms with Gasteiger partial charge >= 0.3 is 0 Å². The van der Waals surface area contributed by atoms with E-state index < -0.39 is 0 Å². The second kappa shape index (κ2) is 5.05. The largest absolute Gasteiger partial charge is 0.497 e. The molecule has 0 spiro atoms. The summed E-state index contributed by atoms with van der Waals surface area (Å²) in [6.07, 6.45) is 4.40. The number of methoxy groups -OCH3 is 1. The molecule has 0 saturated carbocycles. The van der Waals surface area contributed by atoms with Gasteiger partial charge in [-0.25, -0.2) is 0 Å². The van der Waals surface area contributed by atoms with Gasteiger partial charge in [0, 0.05) is 24.8 Å². The van der Waals surface area contributed by atoms with E-state index in [-0.39, 0.29) is 0 Å². The van der Waals surface area contributed by atoms with Gasteiger partial charge in [-0.1, -0.05) is 17.3 Å². The number of quaternary nitrogens is 1. The van der Waals surface area contributed by atoms with E-state index in [1.165, 1.54) is 4.90 Å². The van der Waals surface area contributed by atoms with Gasteiger partial charge < -0.3 is 14.8 Å². The van der Waals surface area contributed by atoms with Gasteiger partial charge in [0.2, 0.25) is 0 Å². The van der Waals surface area contributed by atoms with Crippen molar-refractivity contribution in [1.82, 2.24) is 0 Å². The second-order valence-electron chi connectivity index (χ2n) is 5.19. The zero-order chi connectivity index (χ0) is 13.2. The van der Waals surface area contributed by atoms with Crippen molar-refractivity contribution < 1.29 is 14.8 Å². The molecule has 2 bridgehead atoms. The third kappa shape index (κ3) is 2.24. The van der Waals surface area contributed by atoms with Crippen LogP contribution in [0.25, 0.3) is 6.08 Å². The van der Waals surface area contributed by atoms with Gasteiger partial charge in [0.05, 0.1) is 20.2 Å². The number of fused-ring (bicyclic) bond motifs is 3. The van der Waals surface area contributed by atoms with Gasteiger partial charge in [0.15, 0.2) is 5.70 Å². The number of hydrogen-bond acceptors (Lipinski definition) is 3. The number of nitrogens with zero attached hydrogens (tertiary/aromatic N) is 1. The van der Waals surface area contributed by atoms with Crippen molar-refractivity contribution in [2.45, 2.75) is 12.8 Å². The van der Waals surface area contributed by atoms with E-state index in [0.717, 1.165) is 48.7 Å². The molecule has 1 aromatic rings.